The number of hydrogen-bond donors (Lipinski definition) is 0. The quantitative estimate of drug-likeness (QED) is 0.724. The molecule has 0 aromatic heterocycles. The van der Waals surface area contributed by atoms with Gasteiger partial charge in [0.05, 0.1) is 12.2 Å². The third-order valence-corrected chi connectivity index (χ3v) is 3.96. The van der Waals surface area contributed by atoms with Gasteiger partial charge in [0.1, 0.15) is 0 Å². The number of ether oxygens (including phenoxy) is 1. The molecule has 0 bridgehead atoms. The Hall–Kier alpha value is -0.120. The van der Waals surface area contributed by atoms with Crippen LogP contribution < -0.4 is 0 Å². The van der Waals surface area contributed by atoms with Crippen LogP contribution in [0.25, 0.3) is 0 Å². The van der Waals surface area contributed by atoms with Gasteiger partial charge in [-0.2, -0.15) is 0 Å². The number of likely N-dealkylation sites (tertiary alicyclic amines) is 2. The number of rotatable bonds is 4. The molecule has 0 aromatic rings. The molecule has 0 aliphatic carbocycles. The molecule has 0 unspecified atom stereocenters. The van der Waals surface area contributed by atoms with Crippen LogP contribution in [0, 0.1) is 0 Å². The third kappa shape index (κ3) is 2.96. The molecule has 2 fully saturated rings. The van der Waals surface area contributed by atoms with E-state index >= 15 is 0 Å². The van der Waals surface area contributed by atoms with Crippen molar-refractivity contribution in [3.8, 4) is 0 Å². The molecule has 2 saturated heterocycles. The van der Waals surface area contributed by atoms with Crippen LogP contribution in [0.1, 0.15) is 33.6 Å². The summed E-state index contributed by atoms with van der Waals surface area (Å²) < 4.78 is 6.12. The van der Waals surface area contributed by atoms with Gasteiger partial charge in [-0.1, -0.05) is 6.92 Å². The number of piperidine rings is 1. The number of nitrogens with zero attached hydrogens (tertiary/aromatic N) is 2. The van der Waals surface area contributed by atoms with Crippen molar-refractivity contribution in [2.24, 2.45) is 0 Å². The highest BCUT2D eigenvalue weighted by molar-refractivity contribution is 4.82. The van der Waals surface area contributed by atoms with E-state index in [1.54, 1.807) is 0 Å². The highest BCUT2D eigenvalue weighted by Crippen LogP contribution is 2.20. The zero-order valence-electron chi connectivity index (χ0n) is 11.0. The van der Waals surface area contributed by atoms with Gasteiger partial charge in [-0.15, -0.1) is 0 Å². The summed E-state index contributed by atoms with van der Waals surface area (Å²) in [5.41, 5.74) is 0. The fourth-order valence-electron chi connectivity index (χ4n) is 2.67. The molecule has 0 amide bonds. The summed E-state index contributed by atoms with van der Waals surface area (Å²) in [6.07, 6.45) is 3.50. The maximum Gasteiger partial charge on any atom is 0.0832 e. The molecule has 2 rings (SSSR count). The molecule has 0 atom stereocenters. The molecule has 16 heavy (non-hydrogen) atoms. The van der Waals surface area contributed by atoms with Crippen molar-refractivity contribution in [3.05, 3.63) is 0 Å². The highest BCUT2D eigenvalue weighted by atomic mass is 16.5. The summed E-state index contributed by atoms with van der Waals surface area (Å²) in [7, 11) is 0. The van der Waals surface area contributed by atoms with Crippen molar-refractivity contribution >= 4 is 0 Å². The van der Waals surface area contributed by atoms with Crippen LogP contribution in [0.3, 0.4) is 0 Å². The summed E-state index contributed by atoms with van der Waals surface area (Å²) in [6, 6.07) is 0.695. The van der Waals surface area contributed by atoms with E-state index in [4.69, 9.17) is 4.74 Å². The molecular formula is C13H26N2O. The molecule has 2 heterocycles. The van der Waals surface area contributed by atoms with Crippen molar-refractivity contribution in [2.45, 2.75) is 51.9 Å². The molecular weight excluding hydrogens is 200 g/mol. The van der Waals surface area contributed by atoms with Crippen LogP contribution in [0.15, 0.2) is 0 Å². The number of likely N-dealkylation sites (N-methyl/N-ethyl adjacent to an activating group) is 1. The van der Waals surface area contributed by atoms with E-state index in [1.807, 2.05) is 0 Å². The molecule has 3 heteroatoms. The Balaban J connectivity index is 1.63. The molecule has 0 saturated carbocycles. The predicted molar refractivity (Wildman–Crippen MR) is 66.7 cm³/mol. The van der Waals surface area contributed by atoms with E-state index in [-0.39, 0.29) is 0 Å². The fraction of sp³-hybridized carbons (Fsp3) is 1.00. The summed E-state index contributed by atoms with van der Waals surface area (Å²) in [5.74, 6) is 0. The fourth-order valence-corrected chi connectivity index (χ4v) is 2.67. The highest BCUT2D eigenvalue weighted by Gasteiger charge is 2.30. The summed E-state index contributed by atoms with van der Waals surface area (Å²) >= 11 is 0. The average molecular weight is 226 g/mol. The second-order valence-electron chi connectivity index (χ2n) is 5.44. The van der Waals surface area contributed by atoms with Gasteiger partial charge in [-0.05, 0) is 33.2 Å². The Morgan fingerprint density at radius 3 is 2.25 bits per heavy atom. The van der Waals surface area contributed by atoms with Gasteiger partial charge >= 0.3 is 0 Å². The first-order chi connectivity index (χ1) is 7.69. The number of hydrogen-bond acceptors (Lipinski definition) is 3. The second-order valence-corrected chi connectivity index (χ2v) is 5.44. The van der Waals surface area contributed by atoms with Gasteiger partial charge in [0, 0.05) is 32.2 Å². The molecule has 0 spiro atoms. The lowest BCUT2D eigenvalue weighted by Crippen LogP contribution is -2.54. The third-order valence-electron chi connectivity index (χ3n) is 3.96. The lowest BCUT2D eigenvalue weighted by atomic mass is 10.1. The summed E-state index contributed by atoms with van der Waals surface area (Å²) in [5, 5.41) is 0. The normalized spacial score (nSPS) is 26.2. The Labute approximate surface area is 99.7 Å². The topological polar surface area (TPSA) is 15.7 Å². The van der Waals surface area contributed by atoms with Crippen LogP contribution in [0.2, 0.25) is 0 Å². The molecule has 2 aliphatic heterocycles. The molecule has 0 radical (unpaired) electrons. The van der Waals surface area contributed by atoms with Gasteiger partial charge in [0.2, 0.25) is 0 Å². The average Bonchev–Trinajstić information content (AvgIpc) is 2.23. The van der Waals surface area contributed by atoms with Crippen molar-refractivity contribution in [1.29, 1.82) is 0 Å². The van der Waals surface area contributed by atoms with Gasteiger partial charge in [-0.25, -0.2) is 0 Å². The van der Waals surface area contributed by atoms with Gasteiger partial charge < -0.3 is 9.64 Å². The molecule has 0 N–H and O–H groups in total. The van der Waals surface area contributed by atoms with Gasteiger partial charge in [0.15, 0.2) is 0 Å². The first-order valence-electron chi connectivity index (χ1n) is 6.81. The Bertz CT molecular complexity index is 206. The monoisotopic (exact) mass is 226 g/mol. The Morgan fingerprint density at radius 1 is 1.12 bits per heavy atom. The Kier molecular flexibility index (Phi) is 4.22. The van der Waals surface area contributed by atoms with E-state index in [0.717, 1.165) is 13.1 Å². The molecule has 2 aliphatic rings. The first kappa shape index (κ1) is 12.3. The SMILES string of the molecule is CCN1CC(OC2CCN(C(C)C)CC2)C1. The van der Waals surface area contributed by atoms with Gasteiger partial charge in [-0.3, -0.25) is 4.90 Å². The molecule has 0 aromatic carbocycles. The smallest absolute Gasteiger partial charge is 0.0832 e. The van der Waals surface area contributed by atoms with Crippen LogP contribution in [-0.4, -0.2) is 60.8 Å². The lowest BCUT2D eigenvalue weighted by Gasteiger charge is -2.42. The van der Waals surface area contributed by atoms with Gasteiger partial charge in [0.25, 0.3) is 0 Å². The second kappa shape index (κ2) is 5.48. The predicted octanol–water partition coefficient (Wildman–Crippen LogP) is 1.58. The lowest BCUT2D eigenvalue weighted by molar-refractivity contribution is -0.107. The Morgan fingerprint density at radius 2 is 1.75 bits per heavy atom. The van der Waals surface area contributed by atoms with Crippen LogP contribution in [0.4, 0.5) is 0 Å². The maximum absolute atomic E-state index is 6.12. The van der Waals surface area contributed by atoms with E-state index in [9.17, 15) is 0 Å². The van der Waals surface area contributed by atoms with E-state index in [2.05, 4.69) is 30.6 Å². The van der Waals surface area contributed by atoms with Crippen molar-refractivity contribution in [2.75, 3.05) is 32.7 Å². The standard InChI is InChI=1S/C13H26N2O/c1-4-14-9-13(10-14)16-12-5-7-15(8-6-12)11(2)3/h11-13H,4-10H2,1-3H3. The maximum atomic E-state index is 6.12. The van der Waals surface area contributed by atoms with Crippen molar-refractivity contribution in [1.82, 2.24) is 9.80 Å². The largest absolute Gasteiger partial charge is 0.372 e. The van der Waals surface area contributed by atoms with Crippen LogP contribution in [-0.2, 0) is 4.74 Å². The minimum Gasteiger partial charge on any atom is -0.372 e. The zero-order valence-corrected chi connectivity index (χ0v) is 11.0. The van der Waals surface area contributed by atoms with Crippen molar-refractivity contribution < 1.29 is 4.74 Å². The van der Waals surface area contributed by atoms with E-state index < -0.39 is 0 Å². The van der Waals surface area contributed by atoms with Crippen LogP contribution >= 0.6 is 0 Å². The zero-order chi connectivity index (χ0) is 11.5. The first-order valence-corrected chi connectivity index (χ1v) is 6.81. The minimum absolute atomic E-state index is 0.524. The molecule has 3 nitrogen and oxygen atoms in total. The van der Waals surface area contributed by atoms with E-state index in [0.29, 0.717) is 18.2 Å². The molecule has 94 valence electrons. The summed E-state index contributed by atoms with van der Waals surface area (Å²) in [6.45, 7) is 12.7. The summed E-state index contributed by atoms with van der Waals surface area (Å²) in [4.78, 5) is 4.99. The van der Waals surface area contributed by atoms with E-state index in [1.165, 1.54) is 32.5 Å². The minimum atomic E-state index is 0.524. The van der Waals surface area contributed by atoms with Crippen molar-refractivity contribution in [3.63, 3.8) is 0 Å². The van der Waals surface area contributed by atoms with Crippen LogP contribution in [0.5, 0.6) is 0 Å².